The number of nitrogens with zero attached hydrogens (tertiary/aromatic N) is 1. The summed E-state index contributed by atoms with van der Waals surface area (Å²) >= 11 is 6.82. The number of carbonyl (C=O) groups is 1. The van der Waals surface area contributed by atoms with Gasteiger partial charge < -0.3 is 5.32 Å². The third-order valence-electron chi connectivity index (χ3n) is 3.06. The number of hydrogen-bond donors (Lipinski definition) is 1. The molecule has 1 aromatic heterocycles. The smallest absolute Gasteiger partial charge is 0.252 e. The summed E-state index contributed by atoms with van der Waals surface area (Å²) in [5.74, 6) is -0.180. The Morgan fingerprint density at radius 2 is 1.86 bits per heavy atom. The van der Waals surface area contributed by atoms with Crippen LogP contribution in [0.1, 0.15) is 15.9 Å². The standard InChI is InChI=1S/C14H15ClN2O3S2/c1-16-14(18)11-5-3-10(4-6-11)9-17(2)22(19,20)13-8-7-12(15)21-13/h3-8H,9H2,1-2H3,(H,16,18). The van der Waals surface area contributed by atoms with Gasteiger partial charge in [-0.3, -0.25) is 4.79 Å². The molecule has 1 amide bonds. The van der Waals surface area contributed by atoms with Crippen LogP contribution in [0, 0.1) is 0 Å². The van der Waals surface area contributed by atoms with E-state index in [-0.39, 0.29) is 16.7 Å². The molecule has 0 atom stereocenters. The van der Waals surface area contributed by atoms with E-state index in [2.05, 4.69) is 5.32 Å². The fourth-order valence-corrected chi connectivity index (χ4v) is 4.69. The van der Waals surface area contributed by atoms with Gasteiger partial charge in [-0.25, -0.2) is 8.42 Å². The molecule has 0 spiro atoms. The van der Waals surface area contributed by atoms with Crippen LogP contribution in [0.5, 0.6) is 0 Å². The molecule has 22 heavy (non-hydrogen) atoms. The summed E-state index contributed by atoms with van der Waals surface area (Å²) in [5.41, 5.74) is 1.32. The first kappa shape index (κ1) is 17.0. The van der Waals surface area contributed by atoms with Crippen LogP contribution in [0.15, 0.2) is 40.6 Å². The van der Waals surface area contributed by atoms with Crippen LogP contribution < -0.4 is 5.32 Å². The number of rotatable bonds is 5. The number of sulfonamides is 1. The lowest BCUT2D eigenvalue weighted by Gasteiger charge is -2.16. The van der Waals surface area contributed by atoms with E-state index in [0.717, 1.165) is 16.9 Å². The van der Waals surface area contributed by atoms with Gasteiger partial charge in [0.25, 0.3) is 15.9 Å². The van der Waals surface area contributed by atoms with Gasteiger partial charge in [-0.1, -0.05) is 23.7 Å². The zero-order valence-electron chi connectivity index (χ0n) is 12.0. The Morgan fingerprint density at radius 3 is 2.36 bits per heavy atom. The van der Waals surface area contributed by atoms with Crippen LogP contribution in [0.25, 0.3) is 0 Å². The van der Waals surface area contributed by atoms with Gasteiger partial charge in [0, 0.05) is 26.2 Å². The van der Waals surface area contributed by atoms with Gasteiger partial charge in [0.2, 0.25) is 0 Å². The predicted octanol–water partition coefficient (Wildman–Crippen LogP) is 2.58. The topological polar surface area (TPSA) is 66.5 Å². The maximum atomic E-state index is 12.4. The zero-order valence-corrected chi connectivity index (χ0v) is 14.4. The number of carbonyl (C=O) groups excluding carboxylic acids is 1. The molecular weight excluding hydrogens is 344 g/mol. The van der Waals surface area contributed by atoms with Gasteiger partial charge in [-0.15, -0.1) is 11.3 Å². The molecule has 0 bridgehead atoms. The molecule has 1 N–H and O–H groups in total. The van der Waals surface area contributed by atoms with E-state index in [9.17, 15) is 13.2 Å². The number of halogens is 1. The quantitative estimate of drug-likeness (QED) is 0.893. The maximum Gasteiger partial charge on any atom is 0.252 e. The molecule has 2 aromatic rings. The Morgan fingerprint density at radius 1 is 1.23 bits per heavy atom. The summed E-state index contributed by atoms with van der Waals surface area (Å²) in [5, 5.41) is 2.53. The molecule has 0 fully saturated rings. The molecule has 1 heterocycles. The highest BCUT2D eigenvalue weighted by Gasteiger charge is 2.22. The molecule has 1 aromatic carbocycles. The molecule has 5 nitrogen and oxygen atoms in total. The number of hydrogen-bond acceptors (Lipinski definition) is 4. The van der Waals surface area contributed by atoms with Crippen LogP contribution in [-0.4, -0.2) is 32.7 Å². The van der Waals surface area contributed by atoms with E-state index in [1.54, 1.807) is 37.4 Å². The third kappa shape index (κ3) is 3.67. The van der Waals surface area contributed by atoms with Gasteiger partial charge in [-0.05, 0) is 29.8 Å². The average Bonchev–Trinajstić information content (AvgIpc) is 2.94. The fraction of sp³-hybridized carbons (Fsp3) is 0.214. The number of benzene rings is 1. The van der Waals surface area contributed by atoms with Crippen molar-refractivity contribution in [3.63, 3.8) is 0 Å². The van der Waals surface area contributed by atoms with Crippen molar-refractivity contribution in [1.29, 1.82) is 0 Å². The molecule has 0 unspecified atom stereocenters. The monoisotopic (exact) mass is 358 g/mol. The Bertz CT molecular complexity index is 770. The van der Waals surface area contributed by atoms with Crippen molar-refractivity contribution in [2.75, 3.05) is 14.1 Å². The molecule has 0 aliphatic carbocycles. The van der Waals surface area contributed by atoms with Gasteiger partial charge in [0.15, 0.2) is 0 Å². The summed E-state index contributed by atoms with van der Waals surface area (Å²) < 4.78 is 26.7. The molecular formula is C14H15ClN2O3S2. The summed E-state index contributed by atoms with van der Waals surface area (Å²) in [6.07, 6.45) is 0. The van der Waals surface area contributed by atoms with Crippen molar-refractivity contribution in [3.8, 4) is 0 Å². The maximum absolute atomic E-state index is 12.4. The lowest BCUT2D eigenvalue weighted by Crippen LogP contribution is -2.25. The van der Waals surface area contributed by atoms with Crippen molar-refractivity contribution in [2.45, 2.75) is 10.8 Å². The largest absolute Gasteiger partial charge is 0.355 e. The summed E-state index contributed by atoms with van der Waals surface area (Å²) in [7, 11) is -0.492. The molecule has 0 radical (unpaired) electrons. The Labute approximate surface area is 138 Å². The Hall–Kier alpha value is -1.41. The normalized spacial score (nSPS) is 11.6. The van der Waals surface area contributed by atoms with Gasteiger partial charge >= 0.3 is 0 Å². The van der Waals surface area contributed by atoms with E-state index in [0.29, 0.717) is 9.90 Å². The minimum atomic E-state index is -3.56. The first-order valence-electron chi connectivity index (χ1n) is 6.37. The van der Waals surface area contributed by atoms with Crippen molar-refractivity contribution >= 4 is 38.9 Å². The van der Waals surface area contributed by atoms with Crippen LogP contribution in [0.2, 0.25) is 4.34 Å². The van der Waals surface area contributed by atoms with E-state index < -0.39 is 10.0 Å². The van der Waals surface area contributed by atoms with E-state index in [1.807, 2.05) is 0 Å². The second kappa shape index (κ2) is 6.78. The van der Waals surface area contributed by atoms with Crippen LogP contribution in [0.4, 0.5) is 0 Å². The van der Waals surface area contributed by atoms with Crippen molar-refractivity contribution in [3.05, 3.63) is 51.9 Å². The van der Waals surface area contributed by atoms with Crippen molar-refractivity contribution in [2.24, 2.45) is 0 Å². The van der Waals surface area contributed by atoms with Gasteiger partial charge in [0.05, 0.1) is 4.34 Å². The molecule has 8 heteroatoms. The molecule has 118 valence electrons. The van der Waals surface area contributed by atoms with Crippen LogP contribution >= 0.6 is 22.9 Å². The molecule has 2 rings (SSSR count). The minimum absolute atomic E-state index is 0.180. The highest BCUT2D eigenvalue weighted by molar-refractivity contribution is 7.91. The Kier molecular flexibility index (Phi) is 5.23. The third-order valence-corrected chi connectivity index (χ3v) is 6.56. The Balaban J connectivity index is 2.14. The summed E-state index contributed by atoms with van der Waals surface area (Å²) in [4.78, 5) is 11.5. The van der Waals surface area contributed by atoms with Crippen molar-refractivity contribution < 1.29 is 13.2 Å². The van der Waals surface area contributed by atoms with Crippen molar-refractivity contribution in [1.82, 2.24) is 9.62 Å². The first-order valence-corrected chi connectivity index (χ1v) is 9.00. The highest BCUT2D eigenvalue weighted by atomic mass is 35.5. The summed E-state index contributed by atoms with van der Waals surface area (Å²) in [6, 6.07) is 9.85. The van der Waals surface area contributed by atoms with Crippen LogP contribution in [-0.2, 0) is 16.6 Å². The number of amides is 1. The van der Waals surface area contributed by atoms with E-state index >= 15 is 0 Å². The minimum Gasteiger partial charge on any atom is -0.355 e. The SMILES string of the molecule is CNC(=O)c1ccc(CN(C)S(=O)(=O)c2ccc(Cl)s2)cc1. The van der Waals surface area contributed by atoms with E-state index in [4.69, 9.17) is 11.6 Å². The second-order valence-electron chi connectivity index (χ2n) is 4.60. The van der Waals surface area contributed by atoms with E-state index in [1.165, 1.54) is 17.4 Å². The zero-order chi connectivity index (χ0) is 16.3. The average molecular weight is 359 g/mol. The first-order chi connectivity index (χ1) is 10.3. The molecule has 0 saturated heterocycles. The van der Waals surface area contributed by atoms with Crippen LogP contribution in [0.3, 0.4) is 0 Å². The lowest BCUT2D eigenvalue weighted by molar-refractivity contribution is 0.0963. The number of thiophene rings is 1. The molecule has 0 aliphatic rings. The molecule has 0 saturated carbocycles. The fourth-order valence-electron chi connectivity index (χ4n) is 1.84. The highest BCUT2D eigenvalue weighted by Crippen LogP contribution is 2.28. The molecule has 0 aliphatic heterocycles. The summed E-state index contributed by atoms with van der Waals surface area (Å²) in [6.45, 7) is 0.214. The predicted molar refractivity (Wildman–Crippen MR) is 87.8 cm³/mol. The van der Waals surface area contributed by atoms with Gasteiger partial charge in [0.1, 0.15) is 4.21 Å². The number of nitrogens with one attached hydrogen (secondary N) is 1. The lowest BCUT2D eigenvalue weighted by atomic mass is 10.1. The second-order valence-corrected chi connectivity index (χ2v) is 8.58. The van der Waals surface area contributed by atoms with Gasteiger partial charge in [-0.2, -0.15) is 4.31 Å².